The van der Waals surface area contributed by atoms with Crippen LogP contribution < -0.4 is 16.6 Å². The van der Waals surface area contributed by atoms with Crippen LogP contribution in [0.4, 0.5) is 0 Å². The molecule has 6 heteroatoms. The van der Waals surface area contributed by atoms with Gasteiger partial charge in [-0.25, -0.2) is 4.98 Å². The van der Waals surface area contributed by atoms with E-state index in [1.807, 2.05) is 0 Å². The minimum absolute atomic E-state index is 0.0281. The van der Waals surface area contributed by atoms with Crippen LogP contribution in [0.1, 0.15) is 16.3 Å². The van der Waals surface area contributed by atoms with Gasteiger partial charge in [0.1, 0.15) is 10.7 Å². The van der Waals surface area contributed by atoms with E-state index >= 15 is 0 Å². The lowest BCUT2D eigenvalue weighted by atomic mass is 10.1. The van der Waals surface area contributed by atoms with Gasteiger partial charge in [-0.05, 0) is 18.5 Å². The first-order chi connectivity index (χ1) is 8.29. The van der Waals surface area contributed by atoms with Crippen LogP contribution in [-0.4, -0.2) is 23.1 Å². The summed E-state index contributed by atoms with van der Waals surface area (Å²) in [6, 6.07) is 0. The number of nitrogens with two attached hydrogens (primary N) is 1. The van der Waals surface area contributed by atoms with Crippen molar-refractivity contribution in [3.8, 4) is 0 Å². The van der Waals surface area contributed by atoms with Crippen molar-refractivity contribution in [2.24, 2.45) is 5.73 Å². The van der Waals surface area contributed by atoms with Gasteiger partial charge in [0.25, 0.3) is 5.56 Å². The number of hydrogen-bond donors (Lipinski definition) is 3. The minimum atomic E-state index is -0.0281. The molecule has 0 spiro atoms. The average Bonchev–Trinajstić information content (AvgIpc) is 2.67. The highest BCUT2D eigenvalue weighted by Crippen LogP contribution is 2.29. The minimum Gasteiger partial charge on any atom is -0.330 e. The fourth-order valence-corrected chi connectivity index (χ4v) is 3.42. The van der Waals surface area contributed by atoms with Crippen LogP contribution in [0.3, 0.4) is 0 Å². The molecule has 0 bridgehead atoms. The number of thiophene rings is 1. The number of rotatable bonds is 2. The Kier molecular flexibility index (Phi) is 2.70. The van der Waals surface area contributed by atoms with Gasteiger partial charge in [0, 0.05) is 24.4 Å². The summed E-state index contributed by atoms with van der Waals surface area (Å²) in [6.07, 6.45) is 1.61. The summed E-state index contributed by atoms with van der Waals surface area (Å²) < 4.78 is 0. The van der Waals surface area contributed by atoms with E-state index < -0.39 is 0 Å². The van der Waals surface area contributed by atoms with Crippen LogP contribution in [0.2, 0.25) is 0 Å². The van der Waals surface area contributed by atoms with E-state index in [1.54, 1.807) is 11.3 Å². The third kappa shape index (κ3) is 1.78. The van der Waals surface area contributed by atoms with Crippen molar-refractivity contribution in [2.45, 2.75) is 19.4 Å². The Bertz CT molecular complexity index is 616. The fraction of sp³-hybridized carbons (Fsp3) is 0.455. The molecule has 90 valence electrons. The number of aromatic amines is 1. The van der Waals surface area contributed by atoms with Gasteiger partial charge in [-0.2, -0.15) is 0 Å². The zero-order chi connectivity index (χ0) is 11.8. The van der Waals surface area contributed by atoms with Crippen LogP contribution in [0.15, 0.2) is 4.79 Å². The third-order valence-corrected chi connectivity index (χ3v) is 4.19. The Morgan fingerprint density at radius 3 is 3.18 bits per heavy atom. The molecule has 2 aromatic rings. The first-order valence-corrected chi connectivity index (χ1v) is 6.55. The molecule has 4 N–H and O–H groups in total. The molecule has 0 atom stereocenters. The maximum atomic E-state index is 12.0. The van der Waals surface area contributed by atoms with E-state index in [0.717, 1.165) is 35.3 Å². The summed E-state index contributed by atoms with van der Waals surface area (Å²) in [6.45, 7) is 2.25. The Labute approximate surface area is 102 Å². The second kappa shape index (κ2) is 4.21. The van der Waals surface area contributed by atoms with E-state index in [4.69, 9.17) is 5.73 Å². The summed E-state index contributed by atoms with van der Waals surface area (Å²) in [5.74, 6) is 0.691. The second-order valence-corrected chi connectivity index (χ2v) is 5.25. The first kappa shape index (κ1) is 10.9. The Morgan fingerprint density at radius 1 is 1.47 bits per heavy atom. The van der Waals surface area contributed by atoms with Gasteiger partial charge in [-0.1, -0.05) is 0 Å². The van der Waals surface area contributed by atoms with E-state index in [-0.39, 0.29) is 5.56 Å². The van der Waals surface area contributed by atoms with Crippen LogP contribution >= 0.6 is 11.3 Å². The van der Waals surface area contributed by atoms with Crippen LogP contribution in [0.25, 0.3) is 10.2 Å². The maximum absolute atomic E-state index is 12.0. The number of H-pyrrole nitrogens is 1. The number of hydrogen-bond acceptors (Lipinski definition) is 5. The molecular weight excluding hydrogens is 236 g/mol. The highest BCUT2D eigenvalue weighted by atomic mass is 32.1. The van der Waals surface area contributed by atoms with Crippen molar-refractivity contribution in [3.05, 3.63) is 26.6 Å². The fourth-order valence-electron chi connectivity index (χ4n) is 2.21. The van der Waals surface area contributed by atoms with Crippen molar-refractivity contribution < 1.29 is 0 Å². The smallest absolute Gasteiger partial charge is 0.259 e. The van der Waals surface area contributed by atoms with Crippen LogP contribution in [0, 0.1) is 0 Å². The number of nitrogens with zero attached hydrogens (tertiary/aromatic N) is 1. The summed E-state index contributed by atoms with van der Waals surface area (Å²) in [4.78, 5) is 21.5. The van der Waals surface area contributed by atoms with Gasteiger partial charge in [-0.3, -0.25) is 4.79 Å². The lowest BCUT2D eigenvalue weighted by Crippen LogP contribution is -2.23. The van der Waals surface area contributed by atoms with Gasteiger partial charge in [-0.15, -0.1) is 11.3 Å². The lowest BCUT2D eigenvalue weighted by Gasteiger charge is -2.11. The zero-order valence-corrected chi connectivity index (χ0v) is 10.2. The maximum Gasteiger partial charge on any atom is 0.259 e. The molecule has 0 saturated carbocycles. The van der Waals surface area contributed by atoms with E-state index in [2.05, 4.69) is 15.3 Å². The van der Waals surface area contributed by atoms with Crippen LogP contribution in [-0.2, 0) is 19.4 Å². The van der Waals surface area contributed by atoms with Gasteiger partial charge < -0.3 is 16.0 Å². The molecule has 3 heterocycles. The second-order valence-electron chi connectivity index (χ2n) is 4.16. The molecule has 0 saturated heterocycles. The molecule has 2 aromatic heterocycles. The highest BCUT2D eigenvalue weighted by Gasteiger charge is 2.19. The van der Waals surface area contributed by atoms with Crippen molar-refractivity contribution in [1.82, 2.24) is 15.3 Å². The molecule has 0 fully saturated rings. The number of nitrogens with one attached hydrogen (secondary N) is 2. The molecule has 0 unspecified atom stereocenters. The standard InChI is InChI=1S/C11H14N4OS/c12-3-1-8-14-10(16)9-6-5-13-4-2-7(6)17-11(9)15-8/h13H,1-5,12H2,(H,14,15,16). The summed E-state index contributed by atoms with van der Waals surface area (Å²) >= 11 is 1.64. The topological polar surface area (TPSA) is 83.8 Å². The predicted molar refractivity (Wildman–Crippen MR) is 68.4 cm³/mol. The molecule has 5 nitrogen and oxygen atoms in total. The lowest BCUT2D eigenvalue weighted by molar-refractivity contribution is 0.655. The van der Waals surface area contributed by atoms with Crippen LogP contribution in [0.5, 0.6) is 0 Å². The van der Waals surface area contributed by atoms with E-state index in [9.17, 15) is 4.79 Å². The summed E-state index contributed by atoms with van der Waals surface area (Å²) in [7, 11) is 0. The number of fused-ring (bicyclic) bond motifs is 3. The summed E-state index contributed by atoms with van der Waals surface area (Å²) in [5, 5.41) is 4.05. The first-order valence-electron chi connectivity index (χ1n) is 5.74. The normalized spacial score (nSPS) is 15.1. The Hall–Kier alpha value is -1.24. The van der Waals surface area contributed by atoms with Crippen molar-refractivity contribution in [3.63, 3.8) is 0 Å². The SMILES string of the molecule is NCCc1nc2sc3c(c2c(=O)[nH]1)CNCC3. The van der Waals surface area contributed by atoms with Gasteiger partial charge in [0.2, 0.25) is 0 Å². The predicted octanol–water partition coefficient (Wildman–Crippen LogP) is 0.131. The average molecular weight is 250 g/mol. The van der Waals surface area contributed by atoms with Gasteiger partial charge in [0.05, 0.1) is 5.39 Å². The highest BCUT2D eigenvalue weighted by molar-refractivity contribution is 7.18. The van der Waals surface area contributed by atoms with Crippen molar-refractivity contribution >= 4 is 21.6 Å². The summed E-state index contributed by atoms with van der Waals surface area (Å²) in [5.41, 5.74) is 6.58. The van der Waals surface area contributed by atoms with E-state index in [1.165, 1.54) is 4.88 Å². The monoisotopic (exact) mass is 250 g/mol. The Morgan fingerprint density at radius 2 is 2.35 bits per heavy atom. The largest absolute Gasteiger partial charge is 0.330 e. The molecule has 0 aromatic carbocycles. The Balaban J connectivity index is 2.23. The third-order valence-electron chi connectivity index (χ3n) is 3.01. The van der Waals surface area contributed by atoms with Crippen molar-refractivity contribution in [2.75, 3.05) is 13.1 Å². The molecule has 1 aliphatic rings. The number of aromatic nitrogens is 2. The molecule has 0 amide bonds. The molecule has 3 rings (SSSR count). The molecular formula is C11H14N4OS. The molecule has 0 aliphatic carbocycles. The van der Waals surface area contributed by atoms with Gasteiger partial charge >= 0.3 is 0 Å². The van der Waals surface area contributed by atoms with Crippen molar-refractivity contribution in [1.29, 1.82) is 0 Å². The van der Waals surface area contributed by atoms with E-state index in [0.29, 0.717) is 18.8 Å². The zero-order valence-electron chi connectivity index (χ0n) is 9.38. The molecule has 17 heavy (non-hydrogen) atoms. The quantitative estimate of drug-likeness (QED) is 0.707. The van der Waals surface area contributed by atoms with Gasteiger partial charge in [0.15, 0.2) is 0 Å². The molecule has 1 aliphatic heterocycles. The molecule has 0 radical (unpaired) electrons.